The van der Waals surface area contributed by atoms with Crippen LogP contribution < -0.4 is 5.01 Å². The number of hydrogen-bond donors (Lipinski definition) is 0. The first-order chi connectivity index (χ1) is 11.3. The van der Waals surface area contributed by atoms with E-state index in [4.69, 9.17) is 4.42 Å². The Kier molecular flexibility index (Phi) is 3.92. The minimum absolute atomic E-state index is 0.717. The number of furan rings is 1. The van der Waals surface area contributed by atoms with Crippen molar-refractivity contribution in [2.45, 2.75) is 38.6 Å². The number of nitrogens with zero attached hydrogens (tertiary/aromatic N) is 3. The molecule has 0 aliphatic carbocycles. The predicted octanol–water partition coefficient (Wildman–Crippen LogP) is 4.17. The topological polar surface area (TPSA) is 32.0 Å². The summed E-state index contributed by atoms with van der Waals surface area (Å²) in [5.41, 5.74) is 2.04. The molecule has 4 nitrogen and oxygen atoms in total. The van der Waals surface area contributed by atoms with Gasteiger partial charge in [0.2, 0.25) is 0 Å². The molecule has 2 aromatic rings. The molecule has 120 valence electrons. The molecule has 0 unspecified atom stereocenters. The normalized spacial score (nSPS) is 21.6. The second kappa shape index (κ2) is 6.20. The van der Waals surface area contributed by atoms with E-state index in [1.165, 1.54) is 19.4 Å². The van der Waals surface area contributed by atoms with E-state index in [0.717, 1.165) is 47.8 Å². The van der Waals surface area contributed by atoms with Gasteiger partial charge >= 0.3 is 0 Å². The summed E-state index contributed by atoms with van der Waals surface area (Å²) in [4.78, 5) is 2.56. The summed E-state index contributed by atoms with van der Waals surface area (Å²) < 4.78 is 6.00. The van der Waals surface area contributed by atoms with E-state index in [1.54, 1.807) is 0 Å². The minimum atomic E-state index is 0.717. The van der Waals surface area contributed by atoms with Gasteiger partial charge in [0.15, 0.2) is 0 Å². The van der Waals surface area contributed by atoms with E-state index < -0.39 is 0 Å². The summed E-state index contributed by atoms with van der Waals surface area (Å²) in [7, 11) is 0. The average Bonchev–Trinajstić information content (AvgIpc) is 3.18. The molecule has 4 heteroatoms. The van der Waals surface area contributed by atoms with Crippen molar-refractivity contribution < 1.29 is 4.42 Å². The number of hydrazone groups is 1. The molecule has 3 heterocycles. The van der Waals surface area contributed by atoms with Crippen LogP contribution in [0.25, 0.3) is 11.0 Å². The number of hydrogen-bond acceptors (Lipinski definition) is 4. The molecule has 0 bridgehead atoms. The van der Waals surface area contributed by atoms with Crippen LogP contribution in [0.2, 0.25) is 0 Å². The molecular weight excluding hydrogens is 286 g/mol. The number of likely N-dealkylation sites (tertiary alicyclic amines) is 1. The summed E-state index contributed by atoms with van der Waals surface area (Å²) in [6.07, 6.45) is 10.6. The molecule has 2 aliphatic rings. The standard InChI is InChI=1S/C19H23N3O/c1-15-5-4-10-21(15)12-8-18-14-16-13-17(6-7-19(16)23-18)22-11-3-2-9-20-22/h3,6-7,9,11,13-15H,2,4-5,8,10,12H2,1H3/t15-/m1/s1. The molecule has 1 aromatic carbocycles. The maximum absolute atomic E-state index is 6.00. The third kappa shape index (κ3) is 3.04. The van der Waals surface area contributed by atoms with Crippen LogP contribution in [0, 0.1) is 0 Å². The van der Waals surface area contributed by atoms with Crippen molar-refractivity contribution in [1.82, 2.24) is 4.90 Å². The molecule has 1 aromatic heterocycles. The maximum atomic E-state index is 6.00. The Balaban J connectivity index is 1.50. The highest BCUT2D eigenvalue weighted by Gasteiger charge is 2.20. The van der Waals surface area contributed by atoms with E-state index in [1.807, 2.05) is 23.5 Å². The molecule has 0 N–H and O–H groups in total. The third-order valence-electron chi connectivity index (χ3n) is 4.85. The van der Waals surface area contributed by atoms with Crippen molar-refractivity contribution in [3.8, 4) is 0 Å². The van der Waals surface area contributed by atoms with Gasteiger partial charge in [0.05, 0.1) is 5.69 Å². The smallest absolute Gasteiger partial charge is 0.134 e. The van der Waals surface area contributed by atoms with Crippen LogP contribution in [0.1, 0.15) is 31.9 Å². The van der Waals surface area contributed by atoms with Crippen molar-refractivity contribution in [2.75, 3.05) is 18.1 Å². The highest BCUT2D eigenvalue weighted by Crippen LogP contribution is 2.27. The minimum Gasteiger partial charge on any atom is -0.461 e. The Morgan fingerprint density at radius 3 is 3.04 bits per heavy atom. The van der Waals surface area contributed by atoms with Crippen LogP contribution in [0.15, 0.2) is 46.1 Å². The average molecular weight is 309 g/mol. The first-order valence-corrected chi connectivity index (χ1v) is 8.54. The van der Waals surface area contributed by atoms with Gasteiger partial charge in [0.25, 0.3) is 0 Å². The van der Waals surface area contributed by atoms with Gasteiger partial charge in [-0.25, -0.2) is 5.01 Å². The molecule has 0 amide bonds. The highest BCUT2D eigenvalue weighted by molar-refractivity contribution is 5.82. The second-order valence-corrected chi connectivity index (χ2v) is 6.48. The molecule has 2 aliphatic heterocycles. The Hall–Kier alpha value is -2.07. The van der Waals surface area contributed by atoms with Crippen molar-refractivity contribution in [2.24, 2.45) is 5.10 Å². The quantitative estimate of drug-likeness (QED) is 0.849. The molecule has 1 saturated heterocycles. The van der Waals surface area contributed by atoms with Crippen molar-refractivity contribution >= 4 is 22.9 Å². The molecule has 23 heavy (non-hydrogen) atoms. The lowest BCUT2D eigenvalue weighted by Gasteiger charge is -2.19. The van der Waals surface area contributed by atoms with Crippen molar-refractivity contribution in [3.63, 3.8) is 0 Å². The first kappa shape index (κ1) is 14.5. The fourth-order valence-corrected chi connectivity index (χ4v) is 3.48. The highest BCUT2D eigenvalue weighted by atomic mass is 16.3. The van der Waals surface area contributed by atoms with Crippen LogP contribution in [0.4, 0.5) is 5.69 Å². The summed E-state index contributed by atoms with van der Waals surface area (Å²) in [6, 6.07) is 9.15. The van der Waals surface area contributed by atoms with Crippen LogP contribution in [-0.2, 0) is 6.42 Å². The zero-order valence-corrected chi connectivity index (χ0v) is 13.6. The summed E-state index contributed by atoms with van der Waals surface area (Å²) in [6.45, 7) is 4.64. The summed E-state index contributed by atoms with van der Waals surface area (Å²) >= 11 is 0. The van der Waals surface area contributed by atoms with Gasteiger partial charge in [-0.05, 0) is 50.6 Å². The SMILES string of the molecule is C[C@@H]1CCCN1CCc1cc2cc(N3C=CCC=N3)ccc2o1. The monoisotopic (exact) mass is 309 g/mol. The largest absolute Gasteiger partial charge is 0.461 e. The van der Waals surface area contributed by atoms with Crippen LogP contribution in [-0.4, -0.2) is 30.2 Å². The first-order valence-electron chi connectivity index (χ1n) is 8.54. The lowest BCUT2D eigenvalue weighted by Crippen LogP contribution is -2.28. The third-order valence-corrected chi connectivity index (χ3v) is 4.85. The van der Waals surface area contributed by atoms with Crippen molar-refractivity contribution in [3.05, 3.63) is 42.3 Å². The van der Waals surface area contributed by atoms with Gasteiger partial charge in [-0.1, -0.05) is 6.08 Å². The summed E-state index contributed by atoms with van der Waals surface area (Å²) in [5, 5.41) is 7.45. The van der Waals surface area contributed by atoms with Crippen LogP contribution in [0.3, 0.4) is 0 Å². The van der Waals surface area contributed by atoms with Gasteiger partial charge in [-0.3, -0.25) is 0 Å². The van der Waals surface area contributed by atoms with Gasteiger partial charge < -0.3 is 9.32 Å². The Morgan fingerprint density at radius 1 is 1.30 bits per heavy atom. The Labute approximate surface area is 137 Å². The number of anilines is 1. The molecule has 0 saturated carbocycles. The zero-order chi connectivity index (χ0) is 15.6. The maximum Gasteiger partial charge on any atom is 0.134 e. The van der Waals surface area contributed by atoms with E-state index in [9.17, 15) is 0 Å². The fraction of sp³-hybridized carbons (Fsp3) is 0.421. The summed E-state index contributed by atoms with van der Waals surface area (Å²) in [5.74, 6) is 1.08. The second-order valence-electron chi connectivity index (χ2n) is 6.48. The Morgan fingerprint density at radius 2 is 2.26 bits per heavy atom. The lowest BCUT2D eigenvalue weighted by molar-refractivity contribution is 0.266. The van der Waals surface area contributed by atoms with Gasteiger partial charge in [-0.15, -0.1) is 0 Å². The molecule has 1 fully saturated rings. The van der Waals surface area contributed by atoms with Gasteiger partial charge in [0, 0.05) is 43.2 Å². The zero-order valence-electron chi connectivity index (χ0n) is 13.6. The van der Waals surface area contributed by atoms with Gasteiger partial charge in [-0.2, -0.15) is 5.10 Å². The lowest BCUT2D eigenvalue weighted by atomic mass is 10.2. The predicted molar refractivity (Wildman–Crippen MR) is 94.9 cm³/mol. The Bertz CT molecular complexity index is 734. The molecular formula is C19H23N3O. The van der Waals surface area contributed by atoms with E-state index in [0.29, 0.717) is 0 Å². The van der Waals surface area contributed by atoms with E-state index >= 15 is 0 Å². The fourth-order valence-electron chi connectivity index (χ4n) is 3.48. The molecule has 4 rings (SSSR count). The number of benzene rings is 1. The molecule has 0 spiro atoms. The van der Waals surface area contributed by atoms with Crippen LogP contribution >= 0.6 is 0 Å². The van der Waals surface area contributed by atoms with Crippen LogP contribution in [0.5, 0.6) is 0 Å². The number of allylic oxidation sites excluding steroid dienone is 1. The molecule has 1 atom stereocenters. The van der Waals surface area contributed by atoms with Gasteiger partial charge in [0.1, 0.15) is 11.3 Å². The molecule has 0 radical (unpaired) electrons. The number of rotatable bonds is 4. The van der Waals surface area contributed by atoms with Crippen molar-refractivity contribution in [1.29, 1.82) is 0 Å². The van der Waals surface area contributed by atoms with E-state index in [-0.39, 0.29) is 0 Å². The number of fused-ring (bicyclic) bond motifs is 1. The van der Waals surface area contributed by atoms with E-state index in [2.05, 4.69) is 41.2 Å².